The summed E-state index contributed by atoms with van der Waals surface area (Å²) in [6.07, 6.45) is 1.64. The van der Waals surface area contributed by atoms with E-state index in [4.69, 9.17) is 21.1 Å². The molecule has 0 bridgehead atoms. The van der Waals surface area contributed by atoms with Crippen molar-refractivity contribution in [2.75, 3.05) is 19.8 Å². The van der Waals surface area contributed by atoms with Gasteiger partial charge in [0.25, 0.3) is 0 Å². The van der Waals surface area contributed by atoms with Gasteiger partial charge >= 0.3 is 5.37 Å². The maximum Gasteiger partial charge on any atom is 0.316 e. The highest BCUT2D eigenvalue weighted by Gasteiger charge is 2.37. The Labute approximate surface area is 81.7 Å². The molecule has 0 saturated carbocycles. The van der Waals surface area contributed by atoms with Gasteiger partial charge in [-0.05, 0) is 24.4 Å². The average molecular weight is 206 g/mol. The molecular formula is C8H12ClNO3. The summed E-state index contributed by atoms with van der Waals surface area (Å²) in [4.78, 5) is 12.6. The fourth-order valence-electron chi connectivity index (χ4n) is 1.89. The van der Waals surface area contributed by atoms with Gasteiger partial charge in [-0.3, -0.25) is 4.79 Å². The van der Waals surface area contributed by atoms with Crippen molar-refractivity contribution in [3.63, 3.8) is 0 Å². The van der Waals surface area contributed by atoms with E-state index in [2.05, 4.69) is 0 Å². The molecule has 0 aliphatic carbocycles. The third-order valence-corrected chi connectivity index (χ3v) is 2.70. The Kier molecular flexibility index (Phi) is 2.71. The van der Waals surface area contributed by atoms with E-state index in [-0.39, 0.29) is 12.3 Å². The van der Waals surface area contributed by atoms with Gasteiger partial charge in [0.05, 0.1) is 19.3 Å². The Balaban J connectivity index is 2.00. The van der Waals surface area contributed by atoms with Gasteiger partial charge in [-0.15, -0.1) is 0 Å². The molecule has 1 amide bonds. The molecule has 0 aromatic rings. The molecule has 2 aliphatic heterocycles. The van der Waals surface area contributed by atoms with Crippen molar-refractivity contribution >= 4 is 17.0 Å². The Hall–Kier alpha value is -0.320. The van der Waals surface area contributed by atoms with Gasteiger partial charge < -0.3 is 14.4 Å². The third-order valence-electron chi connectivity index (χ3n) is 2.49. The van der Waals surface area contributed by atoms with Crippen LogP contribution in [0.1, 0.15) is 12.8 Å². The highest BCUT2D eigenvalue weighted by Crippen LogP contribution is 2.25. The van der Waals surface area contributed by atoms with Gasteiger partial charge in [0.1, 0.15) is 0 Å². The lowest BCUT2D eigenvalue weighted by molar-refractivity contribution is -0.0807. The van der Waals surface area contributed by atoms with E-state index in [1.54, 1.807) is 4.90 Å². The molecule has 13 heavy (non-hydrogen) atoms. The van der Waals surface area contributed by atoms with E-state index >= 15 is 0 Å². The molecule has 0 radical (unpaired) electrons. The molecule has 2 saturated heterocycles. The average Bonchev–Trinajstić information content (AvgIpc) is 2.74. The topological polar surface area (TPSA) is 38.8 Å². The number of hydrogen-bond acceptors (Lipinski definition) is 3. The molecule has 0 aromatic heterocycles. The molecule has 74 valence electrons. The Morgan fingerprint density at radius 1 is 1.38 bits per heavy atom. The number of ether oxygens (including phenoxy) is 2. The maximum absolute atomic E-state index is 11.0. The molecule has 2 rings (SSSR count). The molecule has 0 spiro atoms. The van der Waals surface area contributed by atoms with Crippen LogP contribution in [0.15, 0.2) is 0 Å². The van der Waals surface area contributed by atoms with E-state index in [9.17, 15) is 4.79 Å². The first-order chi connectivity index (χ1) is 6.29. The second kappa shape index (κ2) is 3.82. The van der Waals surface area contributed by atoms with Crippen LogP contribution in [0, 0.1) is 0 Å². The van der Waals surface area contributed by atoms with Crippen LogP contribution in [-0.2, 0) is 9.47 Å². The number of nitrogens with zero attached hydrogens (tertiary/aromatic N) is 1. The molecule has 1 atom stereocenters. The molecule has 1 unspecified atom stereocenters. The van der Waals surface area contributed by atoms with Gasteiger partial charge in [0.15, 0.2) is 6.29 Å². The Morgan fingerprint density at radius 3 is 2.69 bits per heavy atom. The zero-order valence-electron chi connectivity index (χ0n) is 7.24. The Bertz CT molecular complexity index is 206. The number of halogens is 1. The number of hydrogen-bond donors (Lipinski definition) is 0. The monoisotopic (exact) mass is 205 g/mol. The van der Waals surface area contributed by atoms with E-state index < -0.39 is 5.37 Å². The first-order valence-corrected chi connectivity index (χ1v) is 4.86. The fraction of sp³-hybridized carbons (Fsp3) is 0.875. The first-order valence-electron chi connectivity index (χ1n) is 4.48. The molecule has 2 heterocycles. The minimum Gasteiger partial charge on any atom is -0.348 e. The predicted molar refractivity (Wildman–Crippen MR) is 46.7 cm³/mol. The fourth-order valence-corrected chi connectivity index (χ4v) is 2.10. The summed E-state index contributed by atoms with van der Waals surface area (Å²) < 4.78 is 10.7. The highest BCUT2D eigenvalue weighted by molar-refractivity contribution is 6.62. The van der Waals surface area contributed by atoms with Crippen molar-refractivity contribution in [2.45, 2.75) is 25.2 Å². The molecule has 0 aromatic carbocycles. The lowest BCUT2D eigenvalue weighted by atomic mass is 10.2. The summed E-state index contributed by atoms with van der Waals surface area (Å²) in [6.45, 7) is 1.95. The summed E-state index contributed by atoms with van der Waals surface area (Å²) in [5, 5.41) is -0.401. The van der Waals surface area contributed by atoms with E-state index in [1.807, 2.05) is 0 Å². The number of carbonyl (C=O) groups excluding carboxylic acids is 1. The second-order valence-electron chi connectivity index (χ2n) is 3.27. The van der Waals surface area contributed by atoms with Gasteiger partial charge in [0, 0.05) is 6.54 Å². The molecule has 0 N–H and O–H groups in total. The Morgan fingerprint density at radius 2 is 2.08 bits per heavy atom. The van der Waals surface area contributed by atoms with Crippen LogP contribution in [-0.4, -0.2) is 42.4 Å². The van der Waals surface area contributed by atoms with Crippen LogP contribution in [0.2, 0.25) is 0 Å². The summed E-state index contributed by atoms with van der Waals surface area (Å²) in [6, 6.07) is 0.0208. The van der Waals surface area contributed by atoms with Crippen molar-refractivity contribution in [1.29, 1.82) is 0 Å². The van der Waals surface area contributed by atoms with Crippen LogP contribution in [0.4, 0.5) is 4.79 Å². The molecule has 4 nitrogen and oxygen atoms in total. The zero-order valence-corrected chi connectivity index (χ0v) is 8.00. The summed E-state index contributed by atoms with van der Waals surface area (Å²) in [7, 11) is 0. The second-order valence-corrected chi connectivity index (χ2v) is 3.59. The van der Waals surface area contributed by atoms with Gasteiger partial charge in [-0.25, -0.2) is 0 Å². The number of amides is 1. The number of likely N-dealkylation sites (tertiary alicyclic amines) is 1. The smallest absolute Gasteiger partial charge is 0.316 e. The first kappa shape index (κ1) is 9.24. The van der Waals surface area contributed by atoms with Crippen LogP contribution < -0.4 is 0 Å². The van der Waals surface area contributed by atoms with Crippen molar-refractivity contribution in [2.24, 2.45) is 0 Å². The predicted octanol–water partition coefficient (Wildman–Crippen LogP) is 1.18. The molecule has 5 heteroatoms. The molecule has 2 aliphatic rings. The quantitative estimate of drug-likeness (QED) is 0.477. The minimum atomic E-state index is -0.401. The van der Waals surface area contributed by atoms with Crippen molar-refractivity contribution in [1.82, 2.24) is 4.90 Å². The van der Waals surface area contributed by atoms with Gasteiger partial charge in [-0.2, -0.15) is 0 Å². The summed E-state index contributed by atoms with van der Waals surface area (Å²) >= 11 is 5.43. The third kappa shape index (κ3) is 1.80. The molecular weight excluding hydrogens is 194 g/mol. The summed E-state index contributed by atoms with van der Waals surface area (Å²) in [5.74, 6) is 0. The van der Waals surface area contributed by atoms with Crippen LogP contribution in [0.3, 0.4) is 0 Å². The number of carbonyl (C=O) groups is 1. The van der Waals surface area contributed by atoms with Crippen LogP contribution in [0.5, 0.6) is 0 Å². The lowest BCUT2D eigenvalue weighted by Crippen LogP contribution is -2.40. The van der Waals surface area contributed by atoms with Crippen LogP contribution in [0.25, 0.3) is 0 Å². The molecule has 2 fully saturated rings. The van der Waals surface area contributed by atoms with Crippen LogP contribution >= 0.6 is 11.6 Å². The minimum absolute atomic E-state index is 0.0208. The SMILES string of the molecule is O=C(Cl)N1CCCC1C1OCCO1. The van der Waals surface area contributed by atoms with Crippen molar-refractivity contribution in [3.05, 3.63) is 0 Å². The van der Waals surface area contributed by atoms with Crippen molar-refractivity contribution in [3.8, 4) is 0 Å². The van der Waals surface area contributed by atoms with Gasteiger partial charge in [-0.1, -0.05) is 0 Å². The normalized spacial score (nSPS) is 29.9. The van der Waals surface area contributed by atoms with E-state index in [0.29, 0.717) is 13.2 Å². The summed E-state index contributed by atoms with van der Waals surface area (Å²) in [5.41, 5.74) is 0. The largest absolute Gasteiger partial charge is 0.348 e. The lowest BCUT2D eigenvalue weighted by Gasteiger charge is -2.25. The van der Waals surface area contributed by atoms with Gasteiger partial charge in [0.2, 0.25) is 0 Å². The van der Waals surface area contributed by atoms with E-state index in [0.717, 1.165) is 19.4 Å². The van der Waals surface area contributed by atoms with E-state index in [1.165, 1.54) is 0 Å². The number of rotatable bonds is 1. The highest BCUT2D eigenvalue weighted by atomic mass is 35.5. The standard InChI is InChI=1S/C8H12ClNO3/c9-8(11)10-3-1-2-6(10)7-12-4-5-13-7/h6-7H,1-5H2. The zero-order chi connectivity index (χ0) is 9.26. The van der Waals surface area contributed by atoms with Crippen molar-refractivity contribution < 1.29 is 14.3 Å². The maximum atomic E-state index is 11.0.